The fraction of sp³-hybridized carbons (Fsp3) is 0.917. The minimum absolute atomic E-state index is 0.192. The van der Waals surface area contributed by atoms with E-state index < -0.39 is 11.5 Å². The Morgan fingerprint density at radius 3 is 2.35 bits per heavy atom. The lowest BCUT2D eigenvalue weighted by atomic mass is 10.0. The van der Waals surface area contributed by atoms with Crippen LogP contribution in [0.2, 0.25) is 0 Å². The second-order valence-corrected chi connectivity index (χ2v) is 4.23. The molecule has 1 atom stereocenters. The van der Waals surface area contributed by atoms with E-state index in [0.29, 0.717) is 13.2 Å². The molecular formula is C12H26N2O3. The number of aliphatic carboxylic acids is 1. The number of carboxylic acids is 1. The fourth-order valence-corrected chi connectivity index (χ4v) is 1.52. The van der Waals surface area contributed by atoms with Crippen LogP contribution in [0.25, 0.3) is 0 Å². The average molecular weight is 246 g/mol. The normalized spacial score (nSPS) is 14.9. The molecule has 0 amide bonds. The Labute approximate surface area is 104 Å². The van der Waals surface area contributed by atoms with Crippen molar-refractivity contribution >= 4 is 5.97 Å². The summed E-state index contributed by atoms with van der Waals surface area (Å²) in [4.78, 5) is 13.4. The summed E-state index contributed by atoms with van der Waals surface area (Å²) in [6, 6.07) is 0. The Kier molecular flexibility index (Phi) is 8.12. The number of carbonyl (C=O) groups is 1. The summed E-state index contributed by atoms with van der Waals surface area (Å²) in [6.45, 7) is 11.9. The maximum Gasteiger partial charge on any atom is 0.326 e. The van der Waals surface area contributed by atoms with Crippen molar-refractivity contribution in [3.05, 3.63) is 0 Å². The van der Waals surface area contributed by atoms with Gasteiger partial charge < -0.3 is 14.7 Å². The minimum Gasteiger partial charge on any atom is -0.480 e. The van der Waals surface area contributed by atoms with Crippen LogP contribution in [-0.2, 0) is 9.53 Å². The molecule has 0 aromatic carbocycles. The summed E-state index contributed by atoms with van der Waals surface area (Å²) in [7, 11) is 0. The van der Waals surface area contributed by atoms with Gasteiger partial charge in [-0.15, -0.1) is 0 Å². The molecule has 0 rings (SSSR count). The Morgan fingerprint density at radius 1 is 1.35 bits per heavy atom. The third kappa shape index (κ3) is 6.00. The average Bonchev–Trinajstić information content (AvgIpc) is 2.32. The van der Waals surface area contributed by atoms with Crippen molar-refractivity contribution in [2.75, 3.05) is 39.4 Å². The van der Waals surface area contributed by atoms with Crippen LogP contribution in [0.1, 0.15) is 27.7 Å². The van der Waals surface area contributed by atoms with Crippen LogP contribution in [0.15, 0.2) is 0 Å². The van der Waals surface area contributed by atoms with Crippen LogP contribution in [0.3, 0.4) is 0 Å². The molecule has 5 nitrogen and oxygen atoms in total. The van der Waals surface area contributed by atoms with E-state index in [1.807, 2.05) is 6.92 Å². The van der Waals surface area contributed by atoms with Crippen LogP contribution >= 0.6 is 0 Å². The van der Waals surface area contributed by atoms with Crippen LogP contribution in [-0.4, -0.2) is 60.9 Å². The summed E-state index contributed by atoms with van der Waals surface area (Å²) < 4.78 is 5.21. The highest BCUT2D eigenvalue weighted by atomic mass is 16.5. The van der Waals surface area contributed by atoms with Crippen molar-refractivity contribution in [3.8, 4) is 0 Å². The lowest BCUT2D eigenvalue weighted by Crippen LogP contribution is -2.54. The van der Waals surface area contributed by atoms with Gasteiger partial charge in [0.25, 0.3) is 0 Å². The number of hydrogen-bond donors (Lipinski definition) is 2. The van der Waals surface area contributed by atoms with Gasteiger partial charge in [0.2, 0.25) is 0 Å². The van der Waals surface area contributed by atoms with Crippen molar-refractivity contribution in [1.82, 2.24) is 10.2 Å². The van der Waals surface area contributed by atoms with Gasteiger partial charge >= 0.3 is 5.97 Å². The largest absolute Gasteiger partial charge is 0.480 e. The van der Waals surface area contributed by atoms with Gasteiger partial charge in [0.15, 0.2) is 0 Å². The lowest BCUT2D eigenvalue weighted by molar-refractivity contribution is -0.146. The van der Waals surface area contributed by atoms with Crippen LogP contribution in [0.4, 0.5) is 0 Å². The molecule has 17 heavy (non-hydrogen) atoms. The van der Waals surface area contributed by atoms with E-state index in [1.165, 1.54) is 0 Å². The third-order valence-electron chi connectivity index (χ3n) is 2.90. The molecule has 0 fully saturated rings. The number of nitrogens with one attached hydrogen (secondary N) is 1. The smallest absolute Gasteiger partial charge is 0.326 e. The monoisotopic (exact) mass is 246 g/mol. The second-order valence-electron chi connectivity index (χ2n) is 4.23. The predicted molar refractivity (Wildman–Crippen MR) is 68.3 cm³/mol. The topological polar surface area (TPSA) is 61.8 Å². The molecule has 1 unspecified atom stereocenters. The zero-order valence-electron chi connectivity index (χ0n) is 11.5. The Bertz CT molecular complexity index is 220. The summed E-state index contributed by atoms with van der Waals surface area (Å²) in [5.41, 5.74) is -0.997. The molecule has 0 aliphatic heterocycles. The highest BCUT2D eigenvalue weighted by molar-refractivity contribution is 5.78. The maximum atomic E-state index is 11.2. The first-order valence-electron chi connectivity index (χ1n) is 6.28. The number of ether oxygens (including phenoxy) is 1. The minimum atomic E-state index is -0.997. The van der Waals surface area contributed by atoms with Gasteiger partial charge in [-0.1, -0.05) is 13.8 Å². The zero-order valence-corrected chi connectivity index (χ0v) is 11.5. The maximum absolute atomic E-state index is 11.2. The Morgan fingerprint density at radius 2 is 1.94 bits per heavy atom. The molecule has 2 N–H and O–H groups in total. The second kappa shape index (κ2) is 8.44. The lowest BCUT2D eigenvalue weighted by Gasteiger charge is -2.27. The highest BCUT2D eigenvalue weighted by Crippen LogP contribution is 2.04. The molecule has 0 saturated heterocycles. The Balaban J connectivity index is 4.12. The molecule has 0 heterocycles. The van der Waals surface area contributed by atoms with Crippen LogP contribution in [0.5, 0.6) is 0 Å². The van der Waals surface area contributed by atoms with Gasteiger partial charge in [-0.2, -0.15) is 0 Å². The molecule has 0 aliphatic rings. The number of likely N-dealkylation sites (N-methyl/N-ethyl adjacent to an activating group) is 1. The molecule has 0 spiro atoms. The van der Waals surface area contributed by atoms with Crippen molar-refractivity contribution < 1.29 is 14.6 Å². The van der Waals surface area contributed by atoms with Crippen LogP contribution < -0.4 is 5.32 Å². The van der Waals surface area contributed by atoms with Gasteiger partial charge in [-0.05, 0) is 26.9 Å². The summed E-state index contributed by atoms with van der Waals surface area (Å²) >= 11 is 0. The first kappa shape index (κ1) is 16.4. The van der Waals surface area contributed by atoms with E-state index in [0.717, 1.165) is 19.6 Å². The van der Waals surface area contributed by atoms with Gasteiger partial charge in [-0.25, -0.2) is 0 Å². The first-order chi connectivity index (χ1) is 8.00. The highest BCUT2D eigenvalue weighted by Gasteiger charge is 2.32. The van der Waals surface area contributed by atoms with Crippen LogP contribution in [0, 0.1) is 0 Å². The zero-order chi connectivity index (χ0) is 13.3. The van der Waals surface area contributed by atoms with Crippen molar-refractivity contribution in [1.29, 1.82) is 0 Å². The molecule has 0 aliphatic carbocycles. The van der Waals surface area contributed by atoms with Crippen molar-refractivity contribution in [2.24, 2.45) is 0 Å². The van der Waals surface area contributed by atoms with Gasteiger partial charge in [0, 0.05) is 19.7 Å². The van der Waals surface area contributed by atoms with Crippen molar-refractivity contribution in [3.63, 3.8) is 0 Å². The van der Waals surface area contributed by atoms with Gasteiger partial charge in [0.1, 0.15) is 5.54 Å². The van der Waals surface area contributed by atoms with E-state index in [2.05, 4.69) is 24.1 Å². The van der Waals surface area contributed by atoms with E-state index in [1.54, 1.807) is 6.92 Å². The van der Waals surface area contributed by atoms with E-state index >= 15 is 0 Å². The van der Waals surface area contributed by atoms with Crippen molar-refractivity contribution in [2.45, 2.75) is 33.2 Å². The van der Waals surface area contributed by atoms with E-state index in [9.17, 15) is 9.90 Å². The number of carboxylic acid groups (broad SMARTS) is 1. The molecule has 0 aromatic heterocycles. The quantitative estimate of drug-likeness (QED) is 0.597. The first-order valence-corrected chi connectivity index (χ1v) is 6.28. The van der Waals surface area contributed by atoms with Gasteiger partial charge in [0.05, 0.1) is 6.61 Å². The molecule has 0 bridgehead atoms. The molecule has 0 radical (unpaired) electrons. The van der Waals surface area contributed by atoms with E-state index in [-0.39, 0.29) is 6.61 Å². The molecular weight excluding hydrogens is 220 g/mol. The third-order valence-corrected chi connectivity index (χ3v) is 2.90. The standard InChI is InChI=1S/C12H26N2O3/c1-5-14(6-2)9-8-13-12(4,11(15)16)10-17-7-3/h13H,5-10H2,1-4H3,(H,15,16). The predicted octanol–water partition coefficient (Wildman–Crippen LogP) is 0.798. The fourth-order valence-electron chi connectivity index (χ4n) is 1.52. The summed E-state index contributed by atoms with van der Waals surface area (Å²) in [5.74, 6) is -0.870. The number of nitrogens with zero attached hydrogens (tertiary/aromatic N) is 1. The number of hydrogen-bond acceptors (Lipinski definition) is 4. The van der Waals surface area contributed by atoms with Gasteiger partial charge in [-0.3, -0.25) is 10.1 Å². The van der Waals surface area contributed by atoms with E-state index in [4.69, 9.17) is 4.74 Å². The summed E-state index contributed by atoms with van der Waals surface area (Å²) in [5, 5.41) is 12.2. The molecule has 0 aromatic rings. The molecule has 0 saturated carbocycles. The number of rotatable bonds is 10. The SMILES string of the molecule is CCOCC(C)(NCCN(CC)CC)C(=O)O. The molecule has 102 valence electrons. The Hall–Kier alpha value is -0.650. The summed E-state index contributed by atoms with van der Waals surface area (Å²) in [6.07, 6.45) is 0. The molecule has 5 heteroatoms.